The number of hydrogen-bond acceptors (Lipinski definition) is 6. The smallest absolute Gasteiger partial charge is 0.266 e. The van der Waals surface area contributed by atoms with Crippen LogP contribution in [0.15, 0.2) is 53.2 Å². The monoisotopic (exact) mass is 367 g/mol. The number of nitrogens with zero attached hydrogens (tertiary/aromatic N) is 2. The van der Waals surface area contributed by atoms with E-state index in [1.165, 1.54) is 5.56 Å². The number of methoxy groups -OCH3 is 1. The van der Waals surface area contributed by atoms with Crippen molar-refractivity contribution in [2.24, 2.45) is 0 Å². The van der Waals surface area contributed by atoms with Crippen LogP contribution in [0.2, 0.25) is 0 Å². The van der Waals surface area contributed by atoms with Crippen LogP contribution in [0.25, 0.3) is 11.3 Å². The van der Waals surface area contributed by atoms with E-state index in [0.29, 0.717) is 11.4 Å². The Kier molecular flexibility index (Phi) is 5.71. The Morgan fingerprint density at radius 2 is 1.74 bits per heavy atom. The van der Waals surface area contributed by atoms with Gasteiger partial charge in [0, 0.05) is 5.56 Å². The summed E-state index contributed by atoms with van der Waals surface area (Å²) in [5, 5.41) is 10.4. The molecule has 0 aliphatic carbocycles. The van der Waals surface area contributed by atoms with Crippen molar-refractivity contribution in [1.82, 2.24) is 10.3 Å². The Hall–Kier alpha value is -3.35. The van der Waals surface area contributed by atoms with E-state index < -0.39 is 6.10 Å². The van der Waals surface area contributed by atoms with Gasteiger partial charge in [-0.25, -0.2) is 4.63 Å². The Balaban J connectivity index is 1.67. The van der Waals surface area contributed by atoms with Gasteiger partial charge in [-0.2, -0.15) is 0 Å². The normalized spacial score (nSPS) is 11.7. The lowest BCUT2D eigenvalue weighted by molar-refractivity contribution is -0.122. The van der Waals surface area contributed by atoms with Gasteiger partial charge >= 0.3 is 0 Å². The van der Waals surface area contributed by atoms with Crippen molar-refractivity contribution in [2.45, 2.75) is 26.4 Å². The molecule has 1 heterocycles. The molecule has 1 N–H and O–H groups in total. The first-order valence-electron chi connectivity index (χ1n) is 8.64. The molecule has 1 aromatic heterocycles. The maximum absolute atomic E-state index is 12.5. The molecule has 2 aromatic carbocycles. The second-order valence-corrected chi connectivity index (χ2v) is 5.94. The standard InChI is InChI=1S/C20H21N3O4/c1-4-14-5-9-17(10-6-14)26-13(2)20(24)21-19-18(22-27-23-19)15-7-11-16(25-3)12-8-15/h5-13H,4H2,1-3H3,(H,21,23,24)/t13-/m1/s1. The third-order valence-corrected chi connectivity index (χ3v) is 4.11. The van der Waals surface area contributed by atoms with E-state index in [1.54, 1.807) is 26.2 Å². The van der Waals surface area contributed by atoms with Crippen LogP contribution in [-0.4, -0.2) is 29.4 Å². The molecule has 0 saturated heterocycles. The van der Waals surface area contributed by atoms with Gasteiger partial charge < -0.3 is 14.8 Å². The highest BCUT2D eigenvalue weighted by Crippen LogP contribution is 2.26. The van der Waals surface area contributed by atoms with Crippen LogP contribution in [-0.2, 0) is 11.2 Å². The first-order chi connectivity index (χ1) is 13.1. The van der Waals surface area contributed by atoms with Crippen molar-refractivity contribution in [1.29, 1.82) is 0 Å². The predicted molar refractivity (Wildman–Crippen MR) is 101 cm³/mol. The molecule has 0 saturated carbocycles. The number of hydrogen-bond donors (Lipinski definition) is 1. The number of nitrogens with one attached hydrogen (secondary N) is 1. The van der Waals surface area contributed by atoms with Gasteiger partial charge in [0.15, 0.2) is 11.8 Å². The molecule has 7 nitrogen and oxygen atoms in total. The SMILES string of the molecule is CCc1ccc(O[C@H](C)C(=O)Nc2nonc2-c2ccc(OC)cc2)cc1. The number of carbonyl (C=O) groups excluding carboxylic acids is 1. The molecule has 3 aromatic rings. The average Bonchev–Trinajstić information content (AvgIpc) is 3.16. The Morgan fingerprint density at radius 1 is 1.07 bits per heavy atom. The van der Waals surface area contributed by atoms with Crippen LogP contribution in [0.5, 0.6) is 11.5 Å². The third-order valence-electron chi connectivity index (χ3n) is 4.11. The van der Waals surface area contributed by atoms with E-state index in [1.807, 2.05) is 36.4 Å². The molecule has 3 rings (SSSR count). The molecule has 0 bridgehead atoms. The second-order valence-electron chi connectivity index (χ2n) is 5.94. The number of anilines is 1. The lowest BCUT2D eigenvalue weighted by Crippen LogP contribution is -2.30. The minimum Gasteiger partial charge on any atom is -0.497 e. The number of aromatic nitrogens is 2. The number of amides is 1. The van der Waals surface area contributed by atoms with E-state index in [9.17, 15) is 4.79 Å². The summed E-state index contributed by atoms with van der Waals surface area (Å²) < 4.78 is 15.6. The maximum Gasteiger partial charge on any atom is 0.266 e. The predicted octanol–water partition coefficient (Wildman–Crippen LogP) is 3.71. The van der Waals surface area contributed by atoms with Gasteiger partial charge in [-0.1, -0.05) is 19.1 Å². The van der Waals surface area contributed by atoms with E-state index in [-0.39, 0.29) is 11.7 Å². The van der Waals surface area contributed by atoms with Crippen LogP contribution in [0.3, 0.4) is 0 Å². The number of benzene rings is 2. The van der Waals surface area contributed by atoms with E-state index >= 15 is 0 Å². The molecule has 0 spiro atoms. The van der Waals surface area contributed by atoms with Gasteiger partial charge in [0.05, 0.1) is 7.11 Å². The zero-order valence-electron chi connectivity index (χ0n) is 15.4. The fourth-order valence-electron chi connectivity index (χ4n) is 2.49. The lowest BCUT2D eigenvalue weighted by Gasteiger charge is -2.14. The van der Waals surface area contributed by atoms with Gasteiger partial charge in [0.2, 0.25) is 5.82 Å². The molecule has 0 aliphatic heterocycles. The van der Waals surface area contributed by atoms with Crippen molar-refractivity contribution in [2.75, 3.05) is 12.4 Å². The van der Waals surface area contributed by atoms with Gasteiger partial charge in [0.25, 0.3) is 5.91 Å². The van der Waals surface area contributed by atoms with Crippen molar-refractivity contribution in [3.63, 3.8) is 0 Å². The fourth-order valence-corrected chi connectivity index (χ4v) is 2.49. The molecule has 0 unspecified atom stereocenters. The van der Waals surface area contributed by atoms with Crippen LogP contribution < -0.4 is 14.8 Å². The summed E-state index contributed by atoms with van der Waals surface area (Å²) in [5.74, 6) is 1.24. The van der Waals surface area contributed by atoms with Crippen LogP contribution in [0, 0.1) is 0 Å². The van der Waals surface area contributed by atoms with E-state index in [0.717, 1.165) is 17.7 Å². The van der Waals surface area contributed by atoms with E-state index in [2.05, 4.69) is 22.6 Å². The summed E-state index contributed by atoms with van der Waals surface area (Å²) in [6, 6.07) is 14.9. The summed E-state index contributed by atoms with van der Waals surface area (Å²) in [4.78, 5) is 12.5. The molecule has 7 heteroatoms. The van der Waals surface area contributed by atoms with Crippen LogP contribution in [0.4, 0.5) is 5.82 Å². The summed E-state index contributed by atoms with van der Waals surface area (Å²) in [5.41, 5.74) is 2.39. The largest absolute Gasteiger partial charge is 0.497 e. The van der Waals surface area contributed by atoms with Crippen LogP contribution in [0.1, 0.15) is 19.4 Å². The molecular formula is C20H21N3O4. The summed E-state index contributed by atoms with van der Waals surface area (Å²) in [6.45, 7) is 3.75. The molecule has 140 valence electrons. The summed E-state index contributed by atoms with van der Waals surface area (Å²) in [6.07, 6.45) is 0.238. The minimum absolute atomic E-state index is 0.238. The number of ether oxygens (including phenoxy) is 2. The molecule has 0 fully saturated rings. The molecule has 1 atom stereocenters. The lowest BCUT2D eigenvalue weighted by atomic mass is 10.1. The topological polar surface area (TPSA) is 86.5 Å². The molecule has 0 aliphatic rings. The van der Waals surface area contributed by atoms with Crippen LogP contribution >= 0.6 is 0 Å². The van der Waals surface area contributed by atoms with Crippen molar-refractivity contribution < 1.29 is 18.9 Å². The average molecular weight is 367 g/mol. The molecule has 27 heavy (non-hydrogen) atoms. The maximum atomic E-state index is 12.5. The van der Waals surface area contributed by atoms with Gasteiger partial charge in [-0.05, 0) is 65.6 Å². The van der Waals surface area contributed by atoms with Crippen molar-refractivity contribution >= 4 is 11.7 Å². The van der Waals surface area contributed by atoms with Gasteiger partial charge in [-0.15, -0.1) is 0 Å². The third kappa shape index (κ3) is 4.44. The van der Waals surface area contributed by atoms with Crippen molar-refractivity contribution in [3.8, 4) is 22.8 Å². The van der Waals surface area contributed by atoms with E-state index in [4.69, 9.17) is 14.1 Å². The zero-order valence-corrected chi connectivity index (χ0v) is 15.4. The second kappa shape index (κ2) is 8.35. The Labute approximate surface area is 157 Å². The molecule has 1 amide bonds. The first kappa shape index (κ1) is 18.4. The first-order valence-corrected chi connectivity index (χ1v) is 8.64. The molecule has 0 radical (unpaired) electrons. The minimum atomic E-state index is -0.710. The fraction of sp³-hybridized carbons (Fsp3) is 0.250. The number of rotatable bonds is 7. The van der Waals surface area contributed by atoms with Gasteiger partial charge in [0.1, 0.15) is 11.5 Å². The highest BCUT2D eigenvalue weighted by Gasteiger charge is 2.20. The quantitative estimate of drug-likeness (QED) is 0.685. The zero-order chi connectivity index (χ0) is 19.2. The Bertz CT molecular complexity index is 888. The Morgan fingerprint density at radius 3 is 2.37 bits per heavy atom. The highest BCUT2D eigenvalue weighted by molar-refractivity contribution is 5.95. The molecular weight excluding hydrogens is 346 g/mol. The van der Waals surface area contributed by atoms with Gasteiger partial charge in [-0.3, -0.25) is 4.79 Å². The highest BCUT2D eigenvalue weighted by atomic mass is 16.6. The summed E-state index contributed by atoms with van der Waals surface area (Å²) >= 11 is 0. The summed E-state index contributed by atoms with van der Waals surface area (Å²) in [7, 11) is 1.59. The van der Waals surface area contributed by atoms with Crippen molar-refractivity contribution in [3.05, 3.63) is 54.1 Å². The number of aryl methyl sites for hydroxylation is 1. The number of carbonyl (C=O) groups is 1.